The zero-order chi connectivity index (χ0) is 16.8. The van der Waals surface area contributed by atoms with Crippen LogP contribution in [-0.4, -0.2) is 34.0 Å². The molecule has 0 aromatic rings. The summed E-state index contributed by atoms with van der Waals surface area (Å²) in [5.41, 5.74) is 4.72. The second-order valence-electron chi connectivity index (χ2n) is 8.28. The van der Waals surface area contributed by atoms with Crippen LogP contribution in [0.25, 0.3) is 0 Å². The van der Waals surface area contributed by atoms with Gasteiger partial charge in [-0.25, -0.2) is 0 Å². The standard InChI is InChI=1S/C18H41NSi2/c1-11-13-19(14-15-20(9,10)12-2)21(16(3)4,17(5)6)18(7)8/h12,16-18H,2,11,13-15H2,1,3-10H3. The topological polar surface area (TPSA) is 3.24 Å². The molecular weight excluding hydrogens is 286 g/mol. The Kier molecular flexibility index (Phi) is 8.74. The lowest BCUT2D eigenvalue weighted by molar-refractivity contribution is 0.404. The normalized spacial score (nSPS) is 13.8. The maximum Gasteiger partial charge on any atom is 0.136 e. The minimum atomic E-state index is -1.47. The summed E-state index contributed by atoms with van der Waals surface area (Å²) in [5.74, 6) is 0. The van der Waals surface area contributed by atoms with Crippen LogP contribution in [0.5, 0.6) is 0 Å². The molecular formula is C18H41NSi2. The Balaban J connectivity index is 5.47. The highest BCUT2D eigenvalue weighted by molar-refractivity contribution is 6.83. The maximum atomic E-state index is 4.08. The summed E-state index contributed by atoms with van der Waals surface area (Å²) in [4.78, 5) is 0. The molecule has 0 aromatic heterocycles. The molecule has 0 saturated carbocycles. The van der Waals surface area contributed by atoms with E-state index in [1.165, 1.54) is 25.6 Å². The first-order valence-corrected chi connectivity index (χ1v) is 14.4. The largest absolute Gasteiger partial charge is 0.323 e. The third-order valence-electron chi connectivity index (χ3n) is 5.39. The maximum absolute atomic E-state index is 4.08. The number of nitrogens with zero attached hydrogens (tertiary/aromatic N) is 1. The minimum absolute atomic E-state index is 0.817. The molecule has 0 heterocycles. The molecule has 0 rings (SSSR count). The summed E-state index contributed by atoms with van der Waals surface area (Å²) in [6, 6.07) is 1.36. The second-order valence-corrected chi connectivity index (χ2v) is 19.0. The van der Waals surface area contributed by atoms with Crippen molar-refractivity contribution >= 4 is 16.3 Å². The van der Waals surface area contributed by atoms with E-state index >= 15 is 0 Å². The van der Waals surface area contributed by atoms with Crippen molar-refractivity contribution in [2.24, 2.45) is 0 Å². The highest BCUT2D eigenvalue weighted by atomic mass is 28.3. The monoisotopic (exact) mass is 327 g/mol. The molecule has 0 atom stereocenters. The minimum Gasteiger partial charge on any atom is -0.323 e. The van der Waals surface area contributed by atoms with Gasteiger partial charge in [-0.3, -0.25) is 0 Å². The van der Waals surface area contributed by atoms with E-state index in [0.29, 0.717) is 0 Å². The Morgan fingerprint density at radius 3 is 1.62 bits per heavy atom. The first-order chi connectivity index (χ1) is 9.56. The molecule has 21 heavy (non-hydrogen) atoms. The predicted octanol–water partition coefficient (Wildman–Crippen LogP) is 6.31. The summed E-state index contributed by atoms with van der Waals surface area (Å²) in [6.45, 7) is 28.8. The van der Waals surface area contributed by atoms with Crippen molar-refractivity contribution in [3.05, 3.63) is 12.3 Å². The predicted molar refractivity (Wildman–Crippen MR) is 105 cm³/mol. The Morgan fingerprint density at radius 2 is 1.33 bits per heavy atom. The van der Waals surface area contributed by atoms with Crippen LogP contribution in [0.15, 0.2) is 12.3 Å². The van der Waals surface area contributed by atoms with E-state index in [-0.39, 0.29) is 0 Å². The average molecular weight is 328 g/mol. The van der Waals surface area contributed by atoms with Gasteiger partial charge in [-0.2, -0.15) is 0 Å². The molecule has 0 saturated heterocycles. The van der Waals surface area contributed by atoms with Crippen LogP contribution in [0.1, 0.15) is 54.9 Å². The Labute approximate surface area is 137 Å². The Morgan fingerprint density at radius 1 is 0.905 bits per heavy atom. The zero-order valence-electron chi connectivity index (χ0n) is 16.3. The first kappa shape index (κ1) is 21.1. The third-order valence-corrected chi connectivity index (χ3v) is 15.1. The van der Waals surface area contributed by atoms with Crippen LogP contribution in [0.4, 0.5) is 0 Å². The van der Waals surface area contributed by atoms with Gasteiger partial charge in [-0.15, -0.1) is 12.3 Å². The molecule has 3 heteroatoms. The molecule has 0 amide bonds. The molecule has 126 valence electrons. The van der Waals surface area contributed by atoms with E-state index in [2.05, 4.69) is 78.4 Å². The van der Waals surface area contributed by atoms with Gasteiger partial charge < -0.3 is 4.57 Å². The third kappa shape index (κ3) is 5.07. The van der Waals surface area contributed by atoms with Crippen LogP contribution in [0.3, 0.4) is 0 Å². The van der Waals surface area contributed by atoms with Gasteiger partial charge in [0.15, 0.2) is 0 Å². The SMILES string of the molecule is C=C[Si](C)(C)CCN(CCC)[Si](C(C)C)(C(C)C)C(C)C. The molecule has 0 aliphatic heterocycles. The quantitative estimate of drug-likeness (QED) is 0.425. The fraction of sp³-hybridized carbons (Fsp3) is 0.889. The van der Waals surface area contributed by atoms with E-state index < -0.39 is 16.3 Å². The van der Waals surface area contributed by atoms with Crippen molar-refractivity contribution in [3.63, 3.8) is 0 Å². The number of hydrogen-bond donors (Lipinski definition) is 0. The van der Waals surface area contributed by atoms with E-state index in [1.54, 1.807) is 0 Å². The number of hydrogen-bond acceptors (Lipinski definition) is 1. The molecule has 0 aliphatic rings. The van der Waals surface area contributed by atoms with Gasteiger partial charge in [0.2, 0.25) is 0 Å². The van der Waals surface area contributed by atoms with Crippen LogP contribution in [-0.2, 0) is 0 Å². The summed E-state index contributed by atoms with van der Waals surface area (Å²) in [5, 5.41) is 0. The molecule has 0 unspecified atom stereocenters. The molecule has 0 fully saturated rings. The summed E-state index contributed by atoms with van der Waals surface area (Å²) < 4.78 is 2.96. The van der Waals surface area contributed by atoms with Crippen molar-refractivity contribution in [2.45, 2.75) is 90.6 Å². The summed E-state index contributed by atoms with van der Waals surface area (Å²) in [7, 11) is -2.68. The molecule has 0 aliphatic carbocycles. The lowest BCUT2D eigenvalue weighted by Gasteiger charge is -2.51. The van der Waals surface area contributed by atoms with Crippen molar-refractivity contribution < 1.29 is 0 Å². The lowest BCUT2D eigenvalue weighted by atomic mass is 10.5. The fourth-order valence-electron chi connectivity index (χ4n) is 4.39. The molecule has 0 aromatic carbocycles. The molecule has 0 bridgehead atoms. The van der Waals surface area contributed by atoms with Gasteiger partial charge in [0, 0.05) is 0 Å². The molecule has 1 nitrogen and oxygen atoms in total. The van der Waals surface area contributed by atoms with Crippen LogP contribution >= 0.6 is 0 Å². The lowest BCUT2D eigenvalue weighted by Crippen LogP contribution is -2.61. The van der Waals surface area contributed by atoms with E-state index in [0.717, 1.165) is 16.6 Å². The van der Waals surface area contributed by atoms with Gasteiger partial charge in [0.1, 0.15) is 8.24 Å². The van der Waals surface area contributed by atoms with Crippen LogP contribution in [0.2, 0.25) is 35.8 Å². The summed E-state index contributed by atoms with van der Waals surface area (Å²) >= 11 is 0. The van der Waals surface area contributed by atoms with Gasteiger partial charge >= 0.3 is 0 Å². The first-order valence-electron chi connectivity index (χ1n) is 8.94. The molecule has 0 radical (unpaired) electrons. The van der Waals surface area contributed by atoms with Gasteiger partial charge in [0.25, 0.3) is 0 Å². The number of rotatable bonds is 10. The van der Waals surface area contributed by atoms with E-state index in [1.807, 2.05) is 0 Å². The average Bonchev–Trinajstić information content (AvgIpc) is 2.35. The van der Waals surface area contributed by atoms with Gasteiger partial charge in [-0.1, -0.05) is 61.6 Å². The molecule has 0 N–H and O–H groups in total. The highest BCUT2D eigenvalue weighted by Crippen LogP contribution is 2.44. The zero-order valence-corrected chi connectivity index (χ0v) is 18.3. The van der Waals surface area contributed by atoms with Gasteiger partial charge in [-0.05, 0) is 42.2 Å². The Hall–Kier alpha value is 0.134. The van der Waals surface area contributed by atoms with Crippen molar-refractivity contribution in [1.82, 2.24) is 4.57 Å². The van der Waals surface area contributed by atoms with Crippen molar-refractivity contribution in [2.75, 3.05) is 13.1 Å². The summed E-state index contributed by atoms with van der Waals surface area (Å²) in [6.07, 6.45) is 1.27. The smallest absolute Gasteiger partial charge is 0.136 e. The van der Waals surface area contributed by atoms with Crippen LogP contribution in [0, 0.1) is 0 Å². The molecule has 0 spiro atoms. The van der Waals surface area contributed by atoms with E-state index in [4.69, 9.17) is 0 Å². The highest BCUT2D eigenvalue weighted by Gasteiger charge is 2.47. The Bertz CT molecular complexity index is 287. The van der Waals surface area contributed by atoms with Gasteiger partial charge in [0.05, 0.1) is 8.07 Å². The van der Waals surface area contributed by atoms with E-state index in [9.17, 15) is 0 Å². The second kappa shape index (κ2) is 8.68. The van der Waals surface area contributed by atoms with Crippen molar-refractivity contribution in [3.8, 4) is 0 Å². The van der Waals surface area contributed by atoms with Crippen LogP contribution < -0.4 is 0 Å². The fourth-order valence-corrected chi connectivity index (χ4v) is 13.0. The van der Waals surface area contributed by atoms with Crippen molar-refractivity contribution in [1.29, 1.82) is 0 Å².